The standard InChI is InChI=1S/C16H16ClNO3/c1-12-2-8-15(9-3-12)20-10-11-21-16(19)18-14-6-4-13(17)5-7-14/h2-9H,10-11H2,1H3,(H,18,19). The molecule has 0 bridgehead atoms. The average molecular weight is 306 g/mol. The van der Waals surface area contributed by atoms with Crippen LogP contribution < -0.4 is 10.1 Å². The number of carbonyl (C=O) groups is 1. The summed E-state index contributed by atoms with van der Waals surface area (Å²) in [7, 11) is 0. The fourth-order valence-corrected chi connectivity index (χ4v) is 1.74. The van der Waals surface area contributed by atoms with E-state index in [1.54, 1.807) is 24.3 Å². The van der Waals surface area contributed by atoms with E-state index in [-0.39, 0.29) is 6.61 Å². The van der Waals surface area contributed by atoms with Gasteiger partial charge in [0, 0.05) is 10.7 Å². The van der Waals surface area contributed by atoms with Crippen molar-refractivity contribution in [3.8, 4) is 5.75 Å². The summed E-state index contributed by atoms with van der Waals surface area (Å²) in [6.45, 7) is 2.48. The second-order valence-corrected chi connectivity index (χ2v) is 4.87. The second kappa shape index (κ2) is 7.55. The Morgan fingerprint density at radius 2 is 1.71 bits per heavy atom. The number of halogens is 1. The van der Waals surface area contributed by atoms with E-state index in [4.69, 9.17) is 21.1 Å². The van der Waals surface area contributed by atoms with Crippen LogP contribution in [0.1, 0.15) is 5.56 Å². The Morgan fingerprint density at radius 1 is 1.05 bits per heavy atom. The molecule has 2 aromatic rings. The minimum Gasteiger partial charge on any atom is -0.490 e. The molecule has 0 aliphatic heterocycles. The SMILES string of the molecule is Cc1ccc(OCCOC(=O)Nc2ccc(Cl)cc2)cc1. The van der Waals surface area contributed by atoms with Gasteiger partial charge in [0.15, 0.2) is 0 Å². The topological polar surface area (TPSA) is 47.6 Å². The molecule has 0 aromatic heterocycles. The maximum absolute atomic E-state index is 11.5. The predicted molar refractivity (Wildman–Crippen MR) is 83.1 cm³/mol. The fourth-order valence-electron chi connectivity index (χ4n) is 1.62. The highest BCUT2D eigenvalue weighted by atomic mass is 35.5. The van der Waals surface area contributed by atoms with Crippen LogP contribution >= 0.6 is 11.6 Å². The van der Waals surface area contributed by atoms with Gasteiger partial charge in [-0.1, -0.05) is 29.3 Å². The lowest BCUT2D eigenvalue weighted by molar-refractivity contribution is 0.138. The molecular formula is C16H16ClNO3. The summed E-state index contributed by atoms with van der Waals surface area (Å²) >= 11 is 5.76. The van der Waals surface area contributed by atoms with E-state index in [1.807, 2.05) is 31.2 Å². The number of hydrogen-bond donors (Lipinski definition) is 1. The Hall–Kier alpha value is -2.20. The largest absolute Gasteiger partial charge is 0.490 e. The number of carbonyl (C=O) groups excluding carboxylic acids is 1. The van der Waals surface area contributed by atoms with Gasteiger partial charge in [-0.25, -0.2) is 4.79 Å². The third kappa shape index (κ3) is 5.36. The number of anilines is 1. The molecule has 110 valence electrons. The molecule has 1 N–H and O–H groups in total. The zero-order valence-electron chi connectivity index (χ0n) is 11.6. The van der Waals surface area contributed by atoms with E-state index >= 15 is 0 Å². The number of rotatable bonds is 5. The molecule has 0 saturated carbocycles. The van der Waals surface area contributed by atoms with Gasteiger partial charge in [-0.15, -0.1) is 0 Å². The highest BCUT2D eigenvalue weighted by Gasteiger charge is 2.03. The quantitative estimate of drug-likeness (QED) is 0.839. The first-order valence-electron chi connectivity index (χ1n) is 6.52. The van der Waals surface area contributed by atoms with Crippen LogP contribution in [0.4, 0.5) is 10.5 Å². The zero-order valence-corrected chi connectivity index (χ0v) is 12.4. The van der Waals surface area contributed by atoms with Gasteiger partial charge in [0.1, 0.15) is 19.0 Å². The summed E-state index contributed by atoms with van der Waals surface area (Å²) in [4.78, 5) is 11.5. The van der Waals surface area contributed by atoms with Crippen LogP contribution in [0.2, 0.25) is 5.02 Å². The van der Waals surface area contributed by atoms with Crippen molar-refractivity contribution in [2.45, 2.75) is 6.92 Å². The molecule has 0 unspecified atom stereocenters. The summed E-state index contributed by atoms with van der Waals surface area (Å²) in [5, 5.41) is 3.21. The molecule has 4 nitrogen and oxygen atoms in total. The van der Waals surface area contributed by atoms with E-state index < -0.39 is 6.09 Å². The molecule has 0 radical (unpaired) electrons. The Kier molecular flexibility index (Phi) is 5.46. The van der Waals surface area contributed by atoms with Gasteiger partial charge in [-0.2, -0.15) is 0 Å². The van der Waals surface area contributed by atoms with Gasteiger partial charge < -0.3 is 9.47 Å². The van der Waals surface area contributed by atoms with E-state index in [9.17, 15) is 4.79 Å². The lowest BCUT2D eigenvalue weighted by atomic mass is 10.2. The molecule has 0 saturated heterocycles. The molecule has 21 heavy (non-hydrogen) atoms. The van der Waals surface area contributed by atoms with Crippen molar-refractivity contribution in [1.29, 1.82) is 0 Å². The third-order valence-electron chi connectivity index (χ3n) is 2.70. The third-order valence-corrected chi connectivity index (χ3v) is 2.95. The van der Waals surface area contributed by atoms with Crippen LogP contribution in [0.15, 0.2) is 48.5 Å². The van der Waals surface area contributed by atoms with Crippen molar-refractivity contribution in [1.82, 2.24) is 0 Å². The minimum atomic E-state index is -0.523. The normalized spacial score (nSPS) is 10.0. The first-order chi connectivity index (χ1) is 10.1. The van der Waals surface area contributed by atoms with E-state index in [0.29, 0.717) is 17.3 Å². The molecule has 0 aliphatic carbocycles. The number of ether oxygens (including phenoxy) is 2. The van der Waals surface area contributed by atoms with E-state index in [2.05, 4.69) is 5.32 Å². The molecule has 1 amide bonds. The van der Waals surface area contributed by atoms with Crippen molar-refractivity contribution in [3.63, 3.8) is 0 Å². The van der Waals surface area contributed by atoms with Crippen molar-refractivity contribution >= 4 is 23.4 Å². The van der Waals surface area contributed by atoms with Crippen LogP contribution in [0.5, 0.6) is 5.75 Å². The first kappa shape index (κ1) is 15.2. The Morgan fingerprint density at radius 3 is 2.38 bits per heavy atom. The molecule has 0 atom stereocenters. The van der Waals surface area contributed by atoms with Gasteiger partial charge in [0.05, 0.1) is 0 Å². The summed E-state index contributed by atoms with van der Waals surface area (Å²) in [6, 6.07) is 14.5. The monoisotopic (exact) mass is 305 g/mol. The predicted octanol–water partition coefficient (Wildman–Crippen LogP) is 4.28. The Bertz CT molecular complexity index is 581. The smallest absolute Gasteiger partial charge is 0.411 e. The van der Waals surface area contributed by atoms with Crippen LogP contribution in [0.3, 0.4) is 0 Å². The van der Waals surface area contributed by atoms with Gasteiger partial charge >= 0.3 is 6.09 Å². The molecule has 2 rings (SSSR count). The van der Waals surface area contributed by atoms with Crippen LogP contribution in [-0.4, -0.2) is 19.3 Å². The zero-order chi connectivity index (χ0) is 15.1. The van der Waals surface area contributed by atoms with Crippen molar-refractivity contribution < 1.29 is 14.3 Å². The lowest BCUT2D eigenvalue weighted by Gasteiger charge is -2.08. The maximum atomic E-state index is 11.5. The molecule has 0 aliphatic rings. The van der Waals surface area contributed by atoms with Crippen LogP contribution in [0, 0.1) is 6.92 Å². The number of amides is 1. The Labute approximate surface area is 128 Å². The summed E-state index contributed by atoms with van der Waals surface area (Å²) in [6.07, 6.45) is -0.523. The molecule has 2 aromatic carbocycles. The fraction of sp³-hybridized carbons (Fsp3) is 0.188. The first-order valence-corrected chi connectivity index (χ1v) is 6.90. The van der Waals surface area contributed by atoms with Crippen molar-refractivity contribution in [3.05, 3.63) is 59.1 Å². The highest BCUT2D eigenvalue weighted by molar-refractivity contribution is 6.30. The van der Waals surface area contributed by atoms with Gasteiger partial charge in [-0.3, -0.25) is 5.32 Å². The summed E-state index contributed by atoms with van der Waals surface area (Å²) in [5.41, 5.74) is 1.80. The lowest BCUT2D eigenvalue weighted by Crippen LogP contribution is -2.17. The van der Waals surface area contributed by atoms with Gasteiger partial charge in [0.25, 0.3) is 0 Å². The van der Waals surface area contributed by atoms with Crippen molar-refractivity contribution in [2.75, 3.05) is 18.5 Å². The Balaban J connectivity index is 1.67. The van der Waals surface area contributed by atoms with E-state index in [1.165, 1.54) is 5.56 Å². The summed E-state index contributed by atoms with van der Waals surface area (Å²) < 4.78 is 10.5. The highest BCUT2D eigenvalue weighted by Crippen LogP contribution is 2.13. The number of hydrogen-bond acceptors (Lipinski definition) is 3. The average Bonchev–Trinajstić information content (AvgIpc) is 2.48. The van der Waals surface area contributed by atoms with Crippen LogP contribution in [-0.2, 0) is 4.74 Å². The molecule has 0 heterocycles. The second-order valence-electron chi connectivity index (χ2n) is 4.43. The van der Waals surface area contributed by atoms with Gasteiger partial charge in [-0.05, 0) is 43.3 Å². The minimum absolute atomic E-state index is 0.174. The molecule has 5 heteroatoms. The number of aryl methyl sites for hydroxylation is 1. The number of nitrogens with one attached hydrogen (secondary N) is 1. The molecule has 0 spiro atoms. The maximum Gasteiger partial charge on any atom is 0.411 e. The molecular weight excluding hydrogens is 290 g/mol. The molecule has 0 fully saturated rings. The van der Waals surface area contributed by atoms with Crippen molar-refractivity contribution in [2.24, 2.45) is 0 Å². The summed E-state index contributed by atoms with van der Waals surface area (Å²) in [5.74, 6) is 0.752. The number of benzene rings is 2. The van der Waals surface area contributed by atoms with Gasteiger partial charge in [0.2, 0.25) is 0 Å². The van der Waals surface area contributed by atoms with E-state index in [0.717, 1.165) is 5.75 Å². The van der Waals surface area contributed by atoms with Crippen LogP contribution in [0.25, 0.3) is 0 Å².